The van der Waals surface area contributed by atoms with Crippen molar-refractivity contribution in [2.24, 2.45) is 5.92 Å². The summed E-state index contributed by atoms with van der Waals surface area (Å²) in [6.07, 6.45) is 3.21. The molecular formula is C13H28N2OS. The van der Waals surface area contributed by atoms with Crippen LogP contribution < -0.4 is 5.32 Å². The summed E-state index contributed by atoms with van der Waals surface area (Å²) < 4.78 is 0. The van der Waals surface area contributed by atoms with Crippen molar-refractivity contribution in [2.75, 3.05) is 32.1 Å². The van der Waals surface area contributed by atoms with E-state index in [1.54, 1.807) is 11.8 Å². The average molecular weight is 260 g/mol. The Morgan fingerprint density at radius 2 is 2.12 bits per heavy atom. The minimum Gasteiger partial charge on any atom is -0.388 e. The SMILES string of the molecule is CSCC(C)(O)CNC1CC(C)N(C)CC1C. The zero-order chi connectivity index (χ0) is 13.1. The lowest BCUT2D eigenvalue weighted by atomic mass is 9.89. The molecule has 0 aromatic heterocycles. The Bertz CT molecular complexity index is 235. The molecule has 0 aromatic rings. The number of hydrogen-bond acceptors (Lipinski definition) is 4. The third kappa shape index (κ3) is 4.78. The molecule has 0 bridgehead atoms. The summed E-state index contributed by atoms with van der Waals surface area (Å²) in [6, 6.07) is 1.17. The summed E-state index contributed by atoms with van der Waals surface area (Å²) in [5.74, 6) is 1.44. The van der Waals surface area contributed by atoms with E-state index in [-0.39, 0.29) is 0 Å². The highest BCUT2D eigenvalue weighted by Gasteiger charge is 2.30. The first-order chi connectivity index (χ1) is 7.85. The summed E-state index contributed by atoms with van der Waals surface area (Å²) in [7, 11) is 2.20. The fourth-order valence-corrected chi connectivity index (χ4v) is 3.26. The first-order valence-corrected chi connectivity index (χ1v) is 7.90. The van der Waals surface area contributed by atoms with E-state index in [0.29, 0.717) is 24.5 Å². The van der Waals surface area contributed by atoms with Crippen LogP contribution in [0, 0.1) is 5.92 Å². The van der Waals surface area contributed by atoms with Gasteiger partial charge in [-0.2, -0.15) is 11.8 Å². The van der Waals surface area contributed by atoms with Crippen molar-refractivity contribution in [3.05, 3.63) is 0 Å². The van der Waals surface area contributed by atoms with Crippen LogP contribution in [0.25, 0.3) is 0 Å². The molecule has 4 unspecified atom stereocenters. The molecule has 102 valence electrons. The predicted octanol–water partition coefficient (Wildman–Crippen LogP) is 1.42. The van der Waals surface area contributed by atoms with Crippen LogP contribution in [0.1, 0.15) is 27.2 Å². The second kappa shape index (κ2) is 6.41. The smallest absolute Gasteiger partial charge is 0.0833 e. The van der Waals surface area contributed by atoms with Crippen LogP contribution in [0.15, 0.2) is 0 Å². The van der Waals surface area contributed by atoms with Gasteiger partial charge in [0.25, 0.3) is 0 Å². The van der Waals surface area contributed by atoms with E-state index >= 15 is 0 Å². The standard InChI is InChI=1S/C13H28N2OS/c1-10-7-15(4)11(2)6-12(10)14-8-13(3,16)9-17-5/h10-12,14,16H,6-9H2,1-5H3. The second-order valence-corrected chi connectivity index (χ2v) is 6.78. The van der Waals surface area contributed by atoms with Crippen molar-refractivity contribution in [2.45, 2.75) is 44.9 Å². The quantitative estimate of drug-likeness (QED) is 0.784. The first kappa shape index (κ1) is 15.3. The van der Waals surface area contributed by atoms with Crippen LogP contribution in [0.2, 0.25) is 0 Å². The predicted molar refractivity (Wildman–Crippen MR) is 76.7 cm³/mol. The molecule has 0 radical (unpaired) electrons. The number of rotatable bonds is 5. The Morgan fingerprint density at radius 1 is 1.47 bits per heavy atom. The van der Waals surface area contributed by atoms with Crippen LogP contribution >= 0.6 is 11.8 Å². The molecule has 1 aliphatic rings. The lowest BCUT2D eigenvalue weighted by Gasteiger charge is -2.41. The third-order valence-corrected chi connectivity index (χ3v) is 4.72. The van der Waals surface area contributed by atoms with Crippen LogP contribution in [0.5, 0.6) is 0 Å². The number of likely N-dealkylation sites (tertiary alicyclic amines) is 1. The Morgan fingerprint density at radius 3 is 2.71 bits per heavy atom. The van der Waals surface area contributed by atoms with E-state index in [0.717, 1.165) is 12.3 Å². The summed E-state index contributed by atoms with van der Waals surface area (Å²) in [5, 5.41) is 13.7. The minimum atomic E-state index is -0.592. The number of nitrogens with one attached hydrogen (secondary N) is 1. The Kier molecular flexibility index (Phi) is 5.77. The normalized spacial score (nSPS) is 34.6. The van der Waals surface area contributed by atoms with Gasteiger partial charge in [-0.05, 0) is 39.5 Å². The molecule has 3 nitrogen and oxygen atoms in total. The highest BCUT2D eigenvalue weighted by atomic mass is 32.2. The summed E-state index contributed by atoms with van der Waals surface area (Å²) in [5.41, 5.74) is -0.592. The highest BCUT2D eigenvalue weighted by molar-refractivity contribution is 7.98. The zero-order valence-electron chi connectivity index (χ0n) is 11.9. The lowest BCUT2D eigenvalue weighted by Crippen LogP contribution is -2.54. The maximum Gasteiger partial charge on any atom is 0.0833 e. The number of thioether (sulfide) groups is 1. The Balaban J connectivity index is 2.41. The lowest BCUT2D eigenvalue weighted by molar-refractivity contribution is 0.0639. The van der Waals surface area contributed by atoms with Gasteiger partial charge in [0, 0.05) is 30.9 Å². The van der Waals surface area contributed by atoms with Gasteiger partial charge in [-0.1, -0.05) is 6.92 Å². The Hall–Kier alpha value is 0.230. The molecule has 0 amide bonds. The molecule has 17 heavy (non-hydrogen) atoms. The molecule has 4 atom stereocenters. The van der Waals surface area contributed by atoms with Crippen LogP contribution in [-0.2, 0) is 0 Å². The van der Waals surface area contributed by atoms with Gasteiger partial charge in [-0.3, -0.25) is 0 Å². The molecule has 4 heteroatoms. The molecule has 0 spiro atoms. The van der Waals surface area contributed by atoms with Crippen LogP contribution in [-0.4, -0.2) is 59.8 Å². The van der Waals surface area contributed by atoms with Crippen molar-refractivity contribution in [1.82, 2.24) is 10.2 Å². The van der Waals surface area contributed by atoms with Crippen LogP contribution in [0.4, 0.5) is 0 Å². The highest BCUT2D eigenvalue weighted by Crippen LogP contribution is 2.21. The molecular weight excluding hydrogens is 232 g/mol. The van der Waals surface area contributed by atoms with Gasteiger partial charge in [0.05, 0.1) is 5.60 Å². The van der Waals surface area contributed by atoms with Gasteiger partial charge in [0.15, 0.2) is 0 Å². The van der Waals surface area contributed by atoms with E-state index < -0.39 is 5.60 Å². The van der Waals surface area contributed by atoms with Crippen molar-refractivity contribution in [3.63, 3.8) is 0 Å². The number of hydrogen-bond donors (Lipinski definition) is 2. The molecule has 1 fully saturated rings. The molecule has 0 saturated carbocycles. The van der Waals surface area contributed by atoms with Crippen molar-refractivity contribution >= 4 is 11.8 Å². The third-order valence-electron chi connectivity index (χ3n) is 3.81. The second-order valence-electron chi connectivity index (χ2n) is 5.92. The van der Waals surface area contributed by atoms with E-state index in [9.17, 15) is 5.11 Å². The fraction of sp³-hybridized carbons (Fsp3) is 1.00. The van der Waals surface area contributed by atoms with Gasteiger partial charge in [-0.25, -0.2) is 0 Å². The molecule has 1 rings (SSSR count). The number of nitrogens with zero attached hydrogens (tertiary/aromatic N) is 1. The molecule has 0 aromatic carbocycles. The monoisotopic (exact) mass is 260 g/mol. The van der Waals surface area contributed by atoms with Gasteiger partial charge in [-0.15, -0.1) is 0 Å². The summed E-state index contributed by atoms with van der Waals surface area (Å²) in [6.45, 7) is 8.33. The molecule has 2 N–H and O–H groups in total. The summed E-state index contributed by atoms with van der Waals surface area (Å²) in [4.78, 5) is 2.42. The van der Waals surface area contributed by atoms with E-state index in [1.807, 2.05) is 13.2 Å². The molecule has 0 aliphatic carbocycles. The van der Waals surface area contributed by atoms with Crippen LogP contribution in [0.3, 0.4) is 0 Å². The number of aliphatic hydroxyl groups is 1. The number of piperidine rings is 1. The molecule has 1 aliphatic heterocycles. The van der Waals surface area contributed by atoms with Crippen molar-refractivity contribution in [1.29, 1.82) is 0 Å². The average Bonchev–Trinajstić information content (AvgIpc) is 2.21. The maximum atomic E-state index is 10.2. The molecule has 1 saturated heterocycles. The van der Waals surface area contributed by atoms with E-state index in [1.165, 1.54) is 6.42 Å². The largest absolute Gasteiger partial charge is 0.388 e. The maximum absolute atomic E-state index is 10.2. The van der Waals surface area contributed by atoms with Gasteiger partial charge in [0.2, 0.25) is 0 Å². The minimum absolute atomic E-state index is 0.537. The Labute approximate surface area is 110 Å². The molecule has 1 heterocycles. The van der Waals surface area contributed by atoms with Gasteiger partial charge in [0.1, 0.15) is 0 Å². The topological polar surface area (TPSA) is 35.5 Å². The fourth-order valence-electron chi connectivity index (χ4n) is 2.54. The van der Waals surface area contributed by atoms with Crippen molar-refractivity contribution in [3.8, 4) is 0 Å². The van der Waals surface area contributed by atoms with E-state index in [4.69, 9.17) is 0 Å². The first-order valence-electron chi connectivity index (χ1n) is 6.50. The van der Waals surface area contributed by atoms with E-state index in [2.05, 4.69) is 31.1 Å². The van der Waals surface area contributed by atoms with Gasteiger partial charge >= 0.3 is 0 Å². The van der Waals surface area contributed by atoms with Gasteiger partial charge < -0.3 is 15.3 Å². The van der Waals surface area contributed by atoms with Crippen molar-refractivity contribution < 1.29 is 5.11 Å². The zero-order valence-corrected chi connectivity index (χ0v) is 12.7. The summed E-state index contributed by atoms with van der Waals surface area (Å²) >= 11 is 1.70.